The van der Waals surface area contributed by atoms with E-state index in [2.05, 4.69) is 22.7 Å². The quantitative estimate of drug-likeness (QED) is 0.853. The van der Waals surface area contributed by atoms with Gasteiger partial charge in [-0.3, -0.25) is 9.59 Å². The second-order valence-corrected chi connectivity index (χ2v) is 7.71. The first-order chi connectivity index (χ1) is 12.1. The normalized spacial score (nSPS) is 27.5. The molecule has 2 saturated heterocycles. The van der Waals surface area contributed by atoms with Crippen molar-refractivity contribution in [1.29, 1.82) is 0 Å². The van der Waals surface area contributed by atoms with Gasteiger partial charge in [-0.25, -0.2) is 0 Å². The van der Waals surface area contributed by atoms with Gasteiger partial charge < -0.3 is 20.1 Å². The van der Waals surface area contributed by atoms with Gasteiger partial charge in [-0.05, 0) is 44.7 Å². The molecule has 3 fully saturated rings. The van der Waals surface area contributed by atoms with Gasteiger partial charge in [0, 0.05) is 31.0 Å². The SMILES string of the molecule is C[C@@H]1CN(C(=O)C2CCNCC2)C[C@H]1NC(=O)c1cc(C2CC2)on1. The Morgan fingerprint density at radius 3 is 2.72 bits per heavy atom. The summed E-state index contributed by atoms with van der Waals surface area (Å²) in [6.07, 6.45) is 4.04. The van der Waals surface area contributed by atoms with Crippen LogP contribution in [0.15, 0.2) is 10.6 Å². The van der Waals surface area contributed by atoms with Crippen LogP contribution in [-0.4, -0.2) is 54.1 Å². The fourth-order valence-electron chi connectivity index (χ4n) is 3.86. The van der Waals surface area contributed by atoms with E-state index in [-0.39, 0.29) is 29.7 Å². The van der Waals surface area contributed by atoms with Crippen LogP contribution in [0.5, 0.6) is 0 Å². The Balaban J connectivity index is 1.34. The Hall–Kier alpha value is -1.89. The summed E-state index contributed by atoms with van der Waals surface area (Å²) < 4.78 is 5.26. The van der Waals surface area contributed by atoms with E-state index >= 15 is 0 Å². The van der Waals surface area contributed by atoms with Gasteiger partial charge in [0.05, 0.1) is 6.04 Å². The number of hydrogen-bond acceptors (Lipinski definition) is 5. The van der Waals surface area contributed by atoms with Gasteiger partial charge in [0.1, 0.15) is 5.76 Å². The Morgan fingerprint density at radius 1 is 1.24 bits per heavy atom. The lowest BCUT2D eigenvalue weighted by Gasteiger charge is -2.26. The van der Waals surface area contributed by atoms with Crippen molar-refractivity contribution in [2.45, 2.75) is 44.6 Å². The molecule has 2 amide bonds. The molecule has 1 aromatic rings. The van der Waals surface area contributed by atoms with Crippen molar-refractivity contribution in [2.24, 2.45) is 11.8 Å². The first-order valence-corrected chi connectivity index (χ1v) is 9.39. The van der Waals surface area contributed by atoms with Crippen molar-refractivity contribution in [3.8, 4) is 0 Å². The molecule has 3 aliphatic rings. The number of nitrogens with one attached hydrogen (secondary N) is 2. The van der Waals surface area contributed by atoms with Gasteiger partial charge in [-0.15, -0.1) is 0 Å². The summed E-state index contributed by atoms with van der Waals surface area (Å²) >= 11 is 0. The maximum atomic E-state index is 12.7. The van der Waals surface area contributed by atoms with Crippen LogP contribution in [0, 0.1) is 11.8 Å². The highest BCUT2D eigenvalue weighted by molar-refractivity contribution is 5.92. The molecule has 2 N–H and O–H groups in total. The molecule has 136 valence electrons. The number of nitrogens with zero attached hydrogens (tertiary/aromatic N) is 2. The highest BCUT2D eigenvalue weighted by Crippen LogP contribution is 2.40. The van der Waals surface area contributed by atoms with E-state index in [4.69, 9.17) is 4.52 Å². The highest BCUT2D eigenvalue weighted by Gasteiger charge is 2.37. The largest absolute Gasteiger partial charge is 0.360 e. The van der Waals surface area contributed by atoms with Gasteiger partial charge in [-0.1, -0.05) is 12.1 Å². The van der Waals surface area contributed by atoms with E-state index in [1.165, 1.54) is 0 Å². The summed E-state index contributed by atoms with van der Waals surface area (Å²) in [4.78, 5) is 27.0. The van der Waals surface area contributed by atoms with E-state index in [0.717, 1.165) is 44.5 Å². The minimum absolute atomic E-state index is 0.0285. The summed E-state index contributed by atoms with van der Waals surface area (Å²) in [7, 11) is 0. The minimum atomic E-state index is -0.205. The summed E-state index contributed by atoms with van der Waals surface area (Å²) in [5.41, 5.74) is 0.345. The zero-order chi connectivity index (χ0) is 17.4. The monoisotopic (exact) mass is 346 g/mol. The number of aromatic nitrogens is 1. The van der Waals surface area contributed by atoms with Gasteiger partial charge in [0.25, 0.3) is 5.91 Å². The van der Waals surface area contributed by atoms with Crippen LogP contribution in [0.25, 0.3) is 0 Å². The third kappa shape index (κ3) is 3.56. The number of carbonyl (C=O) groups is 2. The van der Waals surface area contributed by atoms with Crippen LogP contribution in [0.3, 0.4) is 0 Å². The Kier molecular flexibility index (Phi) is 4.50. The Labute approximate surface area is 147 Å². The topological polar surface area (TPSA) is 87.5 Å². The van der Waals surface area contributed by atoms with E-state index in [1.54, 1.807) is 6.07 Å². The first kappa shape index (κ1) is 16.6. The molecule has 0 radical (unpaired) electrons. The zero-order valence-corrected chi connectivity index (χ0v) is 14.7. The summed E-state index contributed by atoms with van der Waals surface area (Å²) in [5, 5.41) is 10.2. The first-order valence-electron chi connectivity index (χ1n) is 9.39. The number of piperidine rings is 1. The van der Waals surface area contributed by atoms with Crippen molar-refractivity contribution >= 4 is 11.8 Å². The van der Waals surface area contributed by atoms with E-state index < -0.39 is 0 Å². The van der Waals surface area contributed by atoms with E-state index in [1.807, 2.05) is 4.90 Å². The predicted octanol–water partition coefficient (Wildman–Crippen LogP) is 1.13. The van der Waals surface area contributed by atoms with Crippen molar-refractivity contribution in [1.82, 2.24) is 20.7 Å². The lowest BCUT2D eigenvalue weighted by atomic mass is 9.97. The van der Waals surface area contributed by atoms with Crippen LogP contribution in [-0.2, 0) is 4.79 Å². The number of carbonyl (C=O) groups excluding carboxylic acids is 2. The summed E-state index contributed by atoms with van der Waals surface area (Å²) in [6, 6.07) is 1.73. The molecule has 25 heavy (non-hydrogen) atoms. The molecule has 2 atom stereocenters. The fourth-order valence-corrected chi connectivity index (χ4v) is 3.86. The minimum Gasteiger partial charge on any atom is -0.360 e. The summed E-state index contributed by atoms with van der Waals surface area (Å²) in [6.45, 7) is 5.20. The lowest BCUT2D eigenvalue weighted by molar-refractivity contribution is -0.135. The van der Waals surface area contributed by atoms with Crippen LogP contribution in [0.2, 0.25) is 0 Å². The summed E-state index contributed by atoms with van der Waals surface area (Å²) in [5.74, 6) is 1.65. The van der Waals surface area contributed by atoms with Crippen molar-refractivity contribution in [2.75, 3.05) is 26.2 Å². The van der Waals surface area contributed by atoms with Crippen LogP contribution < -0.4 is 10.6 Å². The maximum Gasteiger partial charge on any atom is 0.273 e. The molecule has 1 aliphatic carbocycles. The average Bonchev–Trinajstić information content (AvgIpc) is 3.25. The molecule has 7 heteroatoms. The molecule has 2 aliphatic heterocycles. The molecule has 0 unspecified atom stereocenters. The standard InChI is InChI=1S/C18H26N4O3/c1-11-9-22(18(24)13-4-6-19-7-5-13)10-15(11)20-17(23)14-8-16(25-21-14)12-2-3-12/h8,11-13,15,19H,2-7,9-10H2,1H3,(H,20,23)/t11-,15-/m1/s1. The molecule has 0 aromatic carbocycles. The molecule has 0 spiro atoms. The van der Waals surface area contributed by atoms with Crippen LogP contribution in [0.1, 0.15) is 54.8 Å². The number of rotatable bonds is 4. The van der Waals surface area contributed by atoms with Gasteiger partial charge >= 0.3 is 0 Å². The van der Waals surface area contributed by atoms with E-state index in [9.17, 15) is 9.59 Å². The molecular formula is C18H26N4O3. The van der Waals surface area contributed by atoms with Crippen LogP contribution in [0.4, 0.5) is 0 Å². The molecule has 1 saturated carbocycles. The zero-order valence-electron chi connectivity index (χ0n) is 14.7. The maximum absolute atomic E-state index is 12.7. The van der Waals surface area contributed by atoms with Gasteiger partial charge in [-0.2, -0.15) is 0 Å². The third-order valence-corrected chi connectivity index (χ3v) is 5.67. The molecule has 3 heterocycles. The van der Waals surface area contributed by atoms with Crippen molar-refractivity contribution in [3.05, 3.63) is 17.5 Å². The highest BCUT2D eigenvalue weighted by atomic mass is 16.5. The molecule has 0 bridgehead atoms. The second kappa shape index (κ2) is 6.78. The van der Waals surface area contributed by atoms with Crippen LogP contribution >= 0.6 is 0 Å². The Bertz CT molecular complexity index is 649. The fraction of sp³-hybridized carbons (Fsp3) is 0.722. The van der Waals surface area contributed by atoms with Gasteiger partial charge in [0.15, 0.2) is 5.69 Å². The van der Waals surface area contributed by atoms with Gasteiger partial charge in [0.2, 0.25) is 5.91 Å². The van der Waals surface area contributed by atoms with E-state index in [0.29, 0.717) is 24.7 Å². The molecular weight excluding hydrogens is 320 g/mol. The Morgan fingerprint density at radius 2 is 2.00 bits per heavy atom. The number of hydrogen-bond donors (Lipinski definition) is 2. The molecule has 1 aromatic heterocycles. The van der Waals surface area contributed by atoms with Crippen molar-refractivity contribution in [3.63, 3.8) is 0 Å². The lowest BCUT2D eigenvalue weighted by Crippen LogP contribution is -2.43. The second-order valence-electron chi connectivity index (χ2n) is 7.71. The number of likely N-dealkylation sites (tertiary alicyclic amines) is 1. The predicted molar refractivity (Wildman–Crippen MR) is 91.1 cm³/mol. The van der Waals surface area contributed by atoms with Crippen molar-refractivity contribution < 1.29 is 14.1 Å². The average molecular weight is 346 g/mol. The third-order valence-electron chi connectivity index (χ3n) is 5.67. The molecule has 7 nitrogen and oxygen atoms in total. The molecule has 4 rings (SSSR count). The number of amides is 2. The smallest absolute Gasteiger partial charge is 0.273 e.